The lowest BCUT2D eigenvalue weighted by atomic mass is 10.2. The second-order valence-corrected chi connectivity index (χ2v) is 4.76. The van der Waals surface area contributed by atoms with E-state index >= 15 is 0 Å². The normalized spacial score (nSPS) is 17.2. The molecule has 0 aliphatic heterocycles. The van der Waals surface area contributed by atoms with Crippen molar-refractivity contribution in [2.75, 3.05) is 25.5 Å². The molecule has 0 bridgehead atoms. The molecule has 90 valence electrons. The number of aromatic nitrogens is 2. The van der Waals surface area contributed by atoms with Gasteiger partial charge in [0.2, 0.25) is 0 Å². The maximum absolute atomic E-state index is 4.22. The van der Waals surface area contributed by atoms with Crippen LogP contribution in [0.5, 0.6) is 0 Å². The standard InChI is InChI=1S/C12H22N4/c1-10-9-14-12(15-10)13-7-8-16(2)11-5-3-4-6-11/h9,11H,3-8H2,1-2H3,(H2,13,14,15). The third-order valence-corrected chi connectivity index (χ3v) is 3.41. The molecule has 16 heavy (non-hydrogen) atoms. The summed E-state index contributed by atoms with van der Waals surface area (Å²) in [6.07, 6.45) is 7.40. The fourth-order valence-electron chi connectivity index (χ4n) is 2.38. The average Bonchev–Trinajstić information content (AvgIpc) is 2.89. The monoisotopic (exact) mass is 222 g/mol. The van der Waals surface area contributed by atoms with E-state index in [0.717, 1.165) is 30.8 Å². The van der Waals surface area contributed by atoms with Crippen molar-refractivity contribution in [2.45, 2.75) is 38.6 Å². The van der Waals surface area contributed by atoms with E-state index in [2.05, 4.69) is 27.2 Å². The van der Waals surface area contributed by atoms with Gasteiger partial charge in [0, 0.05) is 31.0 Å². The summed E-state index contributed by atoms with van der Waals surface area (Å²) < 4.78 is 0. The molecule has 1 aliphatic carbocycles. The van der Waals surface area contributed by atoms with Crippen LogP contribution in [-0.2, 0) is 0 Å². The molecule has 4 heteroatoms. The number of H-pyrrole nitrogens is 1. The molecular weight excluding hydrogens is 200 g/mol. The van der Waals surface area contributed by atoms with Crippen LogP contribution in [0, 0.1) is 6.92 Å². The van der Waals surface area contributed by atoms with Crippen LogP contribution in [0.3, 0.4) is 0 Å². The molecule has 0 aromatic carbocycles. The summed E-state index contributed by atoms with van der Waals surface area (Å²) in [7, 11) is 2.23. The van der Waals surface area contributed by atoms with Crippen LogP contribution in [0.2, 0.25) is 0 Å². The molecule has 2 rings (SSSR count). The van der Waals surface area contributed by atoms with Gasteiger partial charge in [0.05, 0.1) is 0 Å². The summed E-state index contributed by atoms with van der Waals surface area (Å²) in [6, 6.07) is 0.806. The number of likely N-dealkylation sites (N-methyl/N-ethyl adjacent to an activating group) is 1. The van der Waals surface area contributed by atoms with Crippen molar-refractivity contribution in [2.24, 2.45) is 0 Å². The van der Waals surface area contributed by atoms with Gasteiger partial charge in [-0.2, -0.15) is 0 Å². The molecule has 1 fully saturated rings. The Bertz CT molecular complexity index is 315. The molecule has 0 spiro atoms. The van der Waals surface area contributed by atoms with Gasteiger partial charge in [0.1, 0.15) is 0 Å². The number of anilines is 1. The number of hydrogen-bond acceptors (Lipinski definition) is 3. The second kappa shape index (κ2) is 5.34. The maximum Gasteiger partial charge on any atom is 0.200 e. The molecule has 0 saturated heterocycles. The molecule has 1 saturated carbocycles. The van der Waals surface area contributed by atoms with Crippen molar-refractivity contribution < 1.29 is 0 Å². The highest BCUT2D eigenvalue weighted by Crippen LogP contribution is 2.21. The predicted molar refractivity (Wildman–Crippen MR) is 66.7 cm³/mol. The Labute approximate surface area is 97.4 Å². The first-order valence-electron chi connectivity index (χ1n) is 6.21. The highest BCUT2D eigenvalue weighted by atomic mass is 15.2. The molecule has 1 aliphatic rings. The minimum absolute atomic E-state index is 0.806. The van der Waals surface area contributed by atoms with E-state index in [0.29, 0.717) is 0 Å². The first-order chi connectivity index (χ1) is 7.75. The van der Waals surface area contributed by atoms with Gasteiger partial charge in [0.25, 0.3) is 0 Å². The SMILES string of the molecule is Cc1cnc(NCCN(C)C2CCCC2)[nH]1. The highest BCUT2D eigenvalue weighted by Gasteiger charge is 2.18. The third-order valence-electron chi connectivity index (χ3n) is 3.41. The minimum Gasteiger partial charge on any atom is -0.355 e. The van der Waals surface area contributed by atoms with Crippen LogP contribution in [0.1, 0.15) is 31.4 Å². The number of nitrogens with one attached hydrogen (secondary N) is 2. The van der Waals surface area contributed by atoms with Crippen LogP contribution in [0.25, 0.3) is 0 Å². The fraction of sp³-hybridized carbons (Fsp3) is 0.750. The Kier molecular flexibility index (Phi) is 3.83. The van der Waals surface area contributed by atoms with Gasteiger partial charge in [-0.1, -0.05) is 12.8 Å². The largest absolute Gasteiger partial charge is 0.355 e. The summed E-state index contributed by atoms with van der Waals surface area (Å²) in [5, 5.41) is 3.31. The lowest BCUT2D eigenvalue weighted by molar-refractivity contribution is 0.254. The zero-order chi connectivity index (χ0) is 11.4. The third kappa shape index (κ3) is 2.98. The van der Waals surface area contributed by atoms with E-state index in [9.17, 15) is 0 Å². The van der Waals surface area contributed by atoms with Gasteiger partial charge in [-0.3, -0.25) is 0 Å². The summed E-state index contributed by atoms with van der Waals surface area (Å²) in [5.41, 5.74) is 1.10. The van der Waals surface area contributed by atoms with E-state index in [1.54, 1.807) is 0 Å². The molecular formula is C12H22N4. The van der Waals surface area contributed by atoms with E-state index in [1.807, 2.05) is 13.1 Å². The average molecular weight is 222 g/mol. The summed E-state index contributed by atoms with van der Waals surface area (Å²) in [4.78, 5) is 9.87. The Morgan fingerprint density at radius 2 is 2.25 bits per heavy atom. The van der Waals surface area contributed by atoms with Crippen molar-refractivity contribution >= 4 is 5.95 Å². The number of rotatable bonds is 5. The van der Waals surface area contributed by atoms with Gasteiger partial charge in [-0.05, 0) is 26.8 Å². The van der Waals surface area contributed by atoms with Crippen molar-refractivity contribution in [1.82, 2.24) is 14.9 Å². The lowest BCUT2D eigenvalue weighted by Gasteiger charge is -2.23. The molecule has 4 nitrogen and oxygen atoms in total. The summed E-state index contributed by atoms with van der Waals surface area (Å²) in [6.45, 7) is 4.06. The van der Waals surface area contributed by atoms with Gasteiger partial charge in [0.15, 0.2) is 5.95 Å². The van der Waals surface area contributed by atoms with Crippen LogP contribution < -0.4 is 5.32 Å². The number of hydrogen-bond donors (Lipinski definition) is 2. The van der Waals surface area contributed by atoms with Crippen LogP contribution in [-0.4, -0.2) is 41.0 Å². The Morgan fingerprint density at radius 1 is 1.50 bits per heavy atom. The predicted octanol–water partition coefficient (Wildman–Crippen LogP) is 2.00. The quantitative estimate of drug-likeness (QED) is 0.801. The molecule has 2 N–H and O–H groups in total. The number of nitrogens with zero attached hydrogens (tertiary/aromatic N) is 2. The van der Waals surface area contributed by atoms with Crippen molar-refractivity contribution in [3.63, 3.8) is 0 Å². The Morgan fingerprint density at radius 3 is 2.88 bits per heavy atom. The van der Waals surface area contributed by atoms with Gasteiger partial charge in [-0.15, -0.1) is 0 Å². The maximum atomic E-state index is 4.22. The topological polar surface area (TPSA) is 44.0 Å². The molecule has 0 amide bonds. The first kappa shape index (κ1) is 11.5. The number of imidazole rings is 1. The first-order valence-corrected chi connectivity index (χ1v) is 6.21. The fourth-order valence-corrected chi connectivity index (χ4v) is 2.38. The van der Waals surface area contributed by atoms with Crippen LogP contribution in [0.4, 0.5) is 5.95 Å². The Balaban J connectivity index is 1.67. The number of aromatic amines is 1. The van der Waals surface area contributed by atoms with Crippen LogP contribution >= 0.6 is 0 Å². The lowest BCUT2D eigenvalue weighted by Crippen LogP contribution is -2.33. The zero-order valence-electron chi connectivity index (χ0n) is 10.3. The molecule has 1 aromatic heterocycles. The van der Waals surface area contributed by atoms with E-state index in [-0.39, 0.29) is 0 Å². The molecule has 1 aromatic rings. The van der Waals surface area contributed by atoms with E-state index in [4.69, 9.17) is 0 Å². The molecule has 1 heterocycles. The minimum atomic E-state index is 0.806. The van der Waals surface area contributed by atoms with E-state index in [1.165, 1.54) is 25.7 Å². The highest BCUT2D eigenvalue weighted by molar-refractivity contribution is 5.25. The van der Waals surface area contributed by atoms with Gasteiger partial charge < -0.3 is 15.2 Å². The summed E-state index contributed by atoms with van der Waals surface area (Å²) in [5.74, 6) is 0.886. The van der Waals surface area contributed by atoms with Gasteiger partial charge in [-0.25, -0.2) is 4.98 Å². The van der Waals surface area contributed by atoms with Crippen molar-refractivity contribution in [1.29, 1.82) is 0 Å². The molecule has 0 atom stereocenters. The van der Waals surface area contributed by atoms with E-state index < -0.39 is 0 Å². The second-order valence-electron chi connectivity index (χ2n) is 4.76. The van der Waals surface area contributed by atoms with Crippen molar-refractivity contribution in [3.05, 3.63) is 11.9 Å². The molecule has 0 unspecified atom stereocenters. The Hall–Kier alpha value is -1.03. The van der Waals surface area contributed by atoms with Crippen molar-refractivity contribution in [3.8, 4) is 0 Å². The van der Waals surface area contributed by atoms with Crippen LogP contribution in [0.15, 0.2) is 6.20 Å². The number of aryl methyl sites for hydroxylation is 1. The smallest absolute Gasteiger partial charge is 0.200 e. The molecule has 0 radical (unpaired) electrons. The summed E-state index contributed by atoms with van der Waals surface area (Å²) >= 11 is 0. The zero-order valence-corrected chi connectivity index (χ0v) is 10.3. The van der Waals surface area contributed by atoms with Gasteiger partial charge >= 0.3 is 0 Å².